The summed E-state index contributed by atoms with van der Waals surface area (Å²) in [6.07, 6.45) is 0.885. The maximum absolute atomic E-state index is 13.1. The molecule has 1 saturated heterocycles. The number of aromatic amines is 1. The fourth-order valence-corrected chi connectivity index (χ4v) is 4.63. The van der Waals surface area contributed by atoms with E-state index < -0.39 is 0 Å². The van der Waals surface area contributed by atoms with Crippen molar-refractivity contribution in [1.82, 2.24) is 9.88 Å². The smallest absolute Gasteiger partial charge is 0.272 e. The first kappa shape index (κ1) is 18.2. The van der Waals surface area contributed by atoms with Gasteiger partial charge in [-0.05, 0) is 31.0 Å². The molecule has 0 unspecified atom stereocenters. The van der Waals surface area contributed by atoms with E-state index >= 15 is 0 Å². The van der Waals surface area contributed by atoms with Gasteiger partial charge >= 0.3 is 0 Å². The number of amides is 1. The number of aryl methyl sites for hydroxylation is 2. The predicted molar refractivity (Wildman–Crippen MR) is 111 cm³/mol. The Morgan fingerprint density at radius 3 is 2.85 bits per heavy atom. The highest BCUT2D eigenvalue weighted by Crippen LogP contribution is 2.32. The molecule has 3 heterocycles. The highest BCUT2D eigenvalue weighted by Gasteiger charge is 2.23. The molecule has 0 saturated carbocycles. The number of H-pyrrole nitrogens is 1. The lowest BCUT2D eigenvalue weighted by Gasteiger charge is -2.26. The summed E-state index contributed by atoms with van der Waals surface area (Å²) in [4.78, 5) is 20.1. The quantitative estimate of drug-likeness (QED) is 0.695. The van der Waals surface area contributed by atoms with Gasteiger partial charge in [0, 0.05) is 35.8 Å². The van der Waals surface area contributed by atoms with Crippen LogP contribution in [0.3, 0.4) is 0 Å². The van der Waals surface area contributed by atoms with E-state index in [-0.39, 0.29) is 5.91 Å². The van der Waals surface area contributed by atoms with Gasteiger partial charge in [-0.1, -0.05) is 25.1 Å². The number of hydrogen-bond acceptors (Lipinski definition) is 4. The van der Waals surface area contributed by atoms with Gasteiger partial charge in [-0.3, -0.25) is 9.69 Å². The van der Waals surface area contributed by atoms with Crippen LogP contribution in [0.1, 0.15) is 33.4 Å². The zero-order valence-electron chi connectivity index (χ0n) is 15.8. The standard InChI is InChI=1S/C21H25N3O2S/c1-3-15-6-4-5-7-17(15)23-21(25)19-16(13-24-8-10-26-11-9-24)20-18(22-19)12-14(2)27-20/h4-7,12,22H,3,8-11,13H2,1-2H3,(H,23,25). The number of anilines is 1. The number of fused-ring (bicyclic) bond motifs is 1. The minimum absolute atomic E-state index is 0.0692. The lowest BCUT2D eigenvalue weighted by Crippen LogP contribution is -2.36. The number of carbonyl (C=O) groups is 1. The Morgan fingerprint density at radius 1 is 1.30 bits per heavy atom. The van der Waals surface area contributed by atoms with Gasteiger partial charge in [0.05, 0.1) is 23.4 Å². The van der Waals surface area contributed by atoms with Gasteiger partial charge in [0.1, 0.15) is 5.69 Å². The summed E-state index contributed by atoms with van der Waals surface area (Å²) in [5.41, 5.74) is 4.85. The molecule has 2 aromatic heterocycles. The largest absolute Gasteiger partial charge is 0.379 e. The first-order valence-corrected chi connectivity index (χ1v) is 10.3. The van der Waals surface area contributed by atoms with Crippen molar-refractivity contribution in [3.8, 4) is 0 Å². The third kappa shape index (κ3) is 3.78. The second kappa shape index (κ2) is 7.84. The van der Waals surface area contributed by atoms with Gasteiger partial charge in [-0.2, -0.15) is 0 Å². The highest BCUT2D eigenvalue weighted by molar-refractivity contribution is 7.19. The maximum atomic E-state index is 13.1. The van der Waals surface area contributed by atoms with Gasteiger partial charge in [-0.25, -0.2) is 0 Å². The number of carbonyl (C=O) groups excluding carboxylic acids is 1. The summed E-state index contributed by atoms with van der Waals surface area (Å²) in [6, 6.07) is 10.1. The Hall–Kier alpha value is -2.15. The van der Waals surface area contributed by atoms with Crippen molar-refractivity contribution < 1.29 is 9.53 Å². The number of nitrogens with zero attached hydrogens (tertiary/aromatic N) is 1. The van der Waals surface area contributed by atoms with Crippen molar-refractivity contribution in [2.45, 2.75) is 26.8 Å². The minimum atomic E-state index is -0.0692. The van der Waals surface area contributed by atoms with E-state index in [4.69, 9.17) is 4.74 Å². The number of hydrogen-bond donors (Lipinski definition) is 2. The van der Waals surface area contributed by atoms with Gasteiger partial charge < -0.3 is 15.0 Å². The number of benzene rings is 1. The number of nitrogens with one attached hydrogen (secondary N) is 2. The fraction of sp³-hybridized carbons (Fsp3) is 0.381. The van der Waals surface area contributed by atoms with E-state index in [1.54, 1.807) is 11.3 Å². The molecule has 1 fully saturated rings. The lowest BCUT2D eigenvalue weighted by molar-refractivity contribution is 0.0343. The second-order valence-corrected chi connectivity index (χ2v) is 8.19. The molecule has 1 aliphatic heterocycles. The van der Waals surface area contributed by atoms with Crippen molar-refractivity contribution in [2.24, 2.45) is 0 Å². The lowest BCUT2D eigenvalue weighted by atomic mass is 10.1. The molecule has 1 aromatic carbocycles. The van der Waals surface area contributed by atoms with Crippen molar-refractivity contribution in [3.63, 3.8) is 0 Å². The molecule has 2 N–H and O–H groups in total. The van der Waals surface area contributed by atoms with Crippen LogP contribution in [-0.4, -0.2) is 42.1 Å². The first-order valence-electron chi connectivity index (χ1n) is 9.46. The average Bonchev–Trinajstić information content (AvgIpc) is 3.20. The Labute approximate surface area is 163 Å². The number of thiophene rings is 1. The van der Waals surface area contributed by atoms with Crippen LogP contribution in [0.4, 0.5) is 5.69 Å². The molecule has 0 bridgehead atoms. The molecule has 5 nitrogen and oxygen atoms in total. The number of rotatable bonds is 5. The summed E-state index contributed by atoms with van der Waals surface area (Å²) in [5, 5.41) is 3.11. The molecular formula is C21H25N3O2S. The first-order chi connectivity index (χ1) is 13.2. The summed E-state index contributed by atoms with van der Waals surface area (Å²) < 4.78 is 6.65. The van der Waals surface area contributed by atoms with E-state index in [1.165, 1.54) is 9.58 Å². The van der Waals surface area contributed by atoms with Gasteiger partial charge in [0.25, 0.3) is 5.91 Å². The molecule has 6 heteroatoms. The maximum Gasteiger partial charge on any atom is 0.272 e. The molecule has 3 aromatic rings. The van der Waals surface area contributed by atoms with Gasteiger partial charge in [0.2, 0.25) is 0 Å². The van der Waals surface area contributed by atoms with E-state index in [1.807, 2.05) is 18.2 Å². The van der Waals surface area contributed by atoms with Crippen LogP contribution in [-0.2, 0) is 17.7 Å². The van der Waals surface area contributed by atoms with E-state index in [0.717, 1.165) is 61.6 Å². The fourth-order valence-electron chi connectivity index (χ4n) is 3.62. The van der Waals surface area contributed by atoms with E-state index in [0.29, 0.717) is 5.69 Å². The molecule has 0 radical (unpaired) electrons. The second-order valence-electron chi connectivity index (χ2n) is 6.93. The van der Waals surface area contributed by atoms with Crippen molar-refractivity contribution in [1.29, 1.82) is 0 Å². The average molecular weight is 384 g/mol. The normalized spacial score (nSPS) is 15.3. The van der Waals surface area contributed by atoms with Crippen LogP contribution in [0, 0.1) is 6.92 Å². The third-order valence-corrected chi connectivity index (χ3v) is 6.16. The molecule has 0 atom stereocenters. The monoisotopic (exact) mass is 383 g/mol. The SMILES string of the molecule is CCc1ccccc1NC(=O)c1[nH]c2cc(C)sc2c1CN1CCOCC1. The number of aromatic nitrogens is 1. The van der Waals surface area contributed by atoms with Crippen LogP contribution in [0.15, 0.2) is 30.3 Å². The Bertz CT molecular complexity index is 954. The number of para-hydroxylation sites is 1. The summed E-state index contributed by atoms with van der Waals surface area (Å²) in [7, 11) is 0. The van der Waals surface area contributed by atoms with E-state index in [2.05, 4.69) is 41.2 Å². The molecule has 0 aliphatic carbocycles. The number of ether oxygens (including phenoxy) is 1. The van der Waals surface area contributed by atoms with Gasteiger partial charge in [0.15, 0.2) is 0 Å². The molecular weight excluding hydrogens is 358 g/mol. The van der Waals surface area contributed by atoms with Crippen LogP contribution in [0.2, 0.25) is 0 Å². The topological polar surface area (TPSA) is 57.4 Å². The molecule has 1 aliphatic rings. The van der Waals surface area contributed by atoms with Crippen LogP contribution >= 0.6 is 11.3 Å². The van der Waals surface area contributed by atoms with Crippen molar-refractivity contribution >= 4 is 33.1 Å². The van der Waals surface area contributed by atoms with Gasteiger partial charge in [-0.15, -0.1) is 11.3 Å². The Kier molecular flexibility index (Phi) is 5.29. The third-order valence-electron chi connectivity index (χ3n) is 5.05. The molecule has 142 valence electrons. The molecule has 27 heavy (non-hydrogen) atoms. The zero-order chi connectivity index (χ0) is 18.8. The van der Waals surface area contributed by atoms with Crippen LogP contribution in [0.5, 0.6) is 0 Å². The van der Waals surface area contributed by atoms with Crippen LogP contribution in [0.25, 0.3) is 10.2 Å². The molecule has 0 spiro atoms. The van der Waals surface area contributed by atoms with Crippen molar-refractivity contribution in [2.75, 3.05) is 31.6 Å². The molecule has 4 rings (SSSR count). The Morgan fingerprint density at radius 2 is 2.07 bits per heavy atom. The van der Waals surface area contributed by atoms with Crippen LogP contribution < -0.4 is 5.32 Å². The highest BCUT2D eigenvalue weighted by atomic mass is 32.1. The summed E-state index contributed by atoms with van der Waals surface area (Å²) >= 11 is 1.75. The van der Waals surface area contributed by atoms with E-state index in [9.17, 15) is 4.79 Å². The predicted octanol–water partition coefficient (Wildman–Crippen LogP) is 4.18. The summed E-state index contributed by atoms with van der Waals surface area (Å²) in [6.45, 7) is 8.27. The molecule has 1 amide bonds. The van der Waals surface area contributed by atoms with Crippen molar-refractivity contribution in [3.05, 3.63) is 52.0 Å². The Balaban J connectivity index is 1.66. The number of morpholine rings is 1. The zero-order valence-corrected chi connectivity index (χ0v) is 16.6. The minimum Gasteiger partial charge on any atom is -0.379 e. The summed E-state index contributed by atoms with van der Waals surface area (Å²) in [5.74, 6) is -0.0692.